The van der Waals surface area contributed by atoms with Gasteiger partial charge >= 0.3 is 0 Å². The van der Waals surface area contributed by atoms with Crippen LogP contribution in [0, 0.1) is 0 Å². The molecule has 18 heavy (non-hydrogen) atoms. The maximum Gasteiger partial charge on any atom is 0.154 e. The number of imidazole rings is 1. The summed E-state index contributed by atoms with van der Waals surface area (Å²) >= 11 is 0. The lowest BCUT2D eigenvalue weighted by atomic mass is 10.1. The number of aromatic amines is 1. The lowest BCUT2D eigenvalue weighted by molar-refractivity contribution is 0.737. The van der Waals surface area contributed by atoms with Gasteiger partial charge in [-0.25, -0.2) is 9.97 Å². The van der Waals surface area contributed by atoms with Crippen molar-refractivity contribution < 1.29 is 0 Å². The lowest BCUT2D eigenvalue weighted by Crippen LogP contribution is -2.20. The molecule has 3 aromatic heterocycles. The summed E-state index contributed by atoms with van der Waals surface area (Å²) in [5.41, 5.74) is 5.42. The fourth-order valence-electron chi connectivity index (χ4n) is 2.53. The molecule has 0 bridgehead atoms. The van der Waals surface area contributed by atoms with Crippen molar-refractivity contribution in [2.75, 3.05) is 13.1 Å². The van der Waals surface area contributed by atoms with Gasteiger partial charge in [-0.3, -0.25) is 4.40 Å². The molecule has 4 heterocycles. The summed E-state index contributed by atoms with van der Waals surface area (Å²) in [5, 5.41) is 3.32. The first-order valence-electron chi connectivity index (χ1n) is 6.13. The van der Waals surface area contributed by atoms with E-state index in [1.165, 1.54) is 5.57 Å². The third-order valence-corrected chi connectivity index (χ3v) is 3.45. The van der Waals surface area contributed by atoms with E-state index in [0.29, 0.717) is 0 Å². The Morgan fingerprint density at radius 3 is 3.11 bits per heavy atom. The average molecular weight is 239 g/mol. The van der Waals surface area contributed by atoms with Crippen LogP contribution in [0.15, 0.2) is 30.9 Å². The lowest BCUT2D eigenvalue weighted by Gasteiger charge is -2.12. The zero-order valence-corrected chi connectivity index (χ0v) is 9.85. The summed E-state index contributed by atoms with van der Waals surface area (Å²) in [7, 11) is 0. The largest absolute Gasteiger partial charge is 0.345 e. The van der Waals surface area contributed by atoms with Crippen LogP contribution in [0.3, 0.4) is 0 Å². The first-order valence-corrected chi connectivity index (χ1v) is 6.13. The van der Waals surface area contributed by atoms with Crippen LogP contribution < -0.4 is 5.32 Å². The molecule has 0 unspecified atom stereocenters. The van der Waals surface area contributed by atoms with Crippen LogP contribution in [0.5, 0.6) is 0 Å². The summed E-state index contributed by atoms with van der Waals surface area (Å²) in [6.45, 7) is 1.94. The van der Waals surface area contributed by atoms with E-state index in [1.807, 2.05) is 24.8 Å². The second-order valence-corrected chi connectivity index (χ2v) is 4.50. The monoisotopic (exact) mass is 239 g/mol. The standard InChI is InChI=1S/C13H13N5/c1-4-14-5-2-9(1)12-11-7-16-13-10(3-6-15-13)18(11)8-17-12/h1,3,6-8,14-15H,2,4-5H2. The maximum atomic E-state index is 4.56. The van der Waals surface area contributed by atoms with Crippen molar-refractivity contribution in [2.45, 2.75) is 6.42 Å². The number of aromatic nitrogens is 4. The van der Waals surface area contributed by atoms with Crippen molar-refractivity contribution in [2.24, 2.45) is 0 Å². The smallest absolute Gasteiger partial charge is 0.154 e. The molecule has 5 heteroatoms. The van der Waals surface area contributed by atoms with E-state index in [4.69, 9.17) is 0 Å². The highest BCUT2D eigenvalue weighted by molar-refractivity contribution is 5.82. The number of fused-ring (bicyclic) bond motifs is 3. The summed E-state index contributed by atoms with van der Waals surface area (Å²) in [5.74, 6) is 0. The molecule has 0 aliphatic carbocycles. The number of nitrogens with one attached hydrogen (secondary N) is 2. The van der Waals surface area contributed by atoms with Crippen molar-refractivity contribution >= 4 is 22.3 Å². The van der Waals surface area contributed by atoms with E-state index in [1.54, 1.807) is 0 Å². The Morgan fingerprint density at radius 1 is 1.22 bits per heavy atom. The Morgan fingerprint density at radius 2 is 2.22 bits per heavy atom. The predicted molar refractivity (Wildman–Crippen MR) is 70.3 cm³/mol. The topological polar surface area (TPSA) is 58.0 Å². The third kappa shape index (κ3) is 1.31. The molecule has 4 rings (SSSR count). The molecule has 0 radical (unpaired) electrons. The van der Waals surface area contributed by atoms with Gasteiger partial charge in [0.05, 0.1) is 22.9 Å². The molecule has 0 atom stereocenters. The van der Waals surface area contributed by atoms with E-state index in [0.717, 1.165) is 41.9 Å². The van der Waals surface area contributed by atoms with Crippen molar-refractivity contribution in [1.29, 1.82) is 0 Å². The normalized spacial score (nSPS) is 16.3. The molecule has 0 saturated carbocycles. The Hall–Kier alpha value is -2.14. The second-order valence-electron chi connectivity index (χ2n) is 4.50. The maximum absolute atomic E-state index is 4.56. The van der Waals surface area contributed by atoms with Crippen LogP contribution >= 0.6 is 0 Å². The Bertz CT molecular complexity index is 749. The third-order valence-electron chi connectivity index (χ3n) is 3.45. The van der Waals surface area contributed by atoms with Gasteiger partial charge in [0.25, 0.3) is 0 Å². The van der Waals surface area contributed by atoms with Crippen LogP contribution in [0.1, 0.15) is 12.1 Å². The molecule has 3 aromatic rings. The zero-order chi connectivity index (χ0) is 11.9. The van der Waals surface area contributed by atoms with Crippen molar-refractivity contribution in [3.05, 3.63) is 36.6 Å². The molecule has 1 aliphatic rings. The second kappa shape index (κ2) is 3.68. The van der Waals surface area contributed by atoms with Gasteiger partial charge in [0, 0.05) is 12.7 Å². The Kier molecular flexibility index (Phi) is 2.01. The molecule has 0 saturated heterocycles. The van der Waals surface area contributed by atoms with Gasteiger partial charge in [0.15, 0.2) is 5.65 Å². The van der Waals surface area contributed by atoms with Crippen molar-refractivity contribution in [3.63, 3.8) is 0 Å². The molecule has 0 amide bonds. The predicted octanol–water partition coefficient (Wildman–Crippen LogP) is 1.59. The van der Waals surface area contributed by atoms with E-state index >= 15 is 0 Å². The van der Waals surface area contributed by atoms with Crippen LogP contribution in [0.4, 0.5) is 0 Å². The number of hydrogen-bond acceptors (Lipinski definition) is 3. The van der Waals surface area contributed by atoms with Crippen LogP contribution in [-0.4, -0.2) is 32.4 Å². The van der Waals surface area contributed by atoms with Crippen molar-refractivity contribution in [1.82, 2.24) is 24.7 Å². The van der Waals surface area contributed by atoms with E-state index in [2.05, 4.69) is 30.7 Å². The number of H-pyrrole nitrogens is 1. The molecule has 90 valence electrons. The summed E-state index contributed by atoms with van der Waals surface area (Å²) in [6, 6.07) is 2.03. The number of rotatable bonds is 1. The summed E-state index contributed by atoms with van der Waals surface area (Å²) in [4.78, 5) is 12.1. The van der Waals surface area contributed by atoms with Gasteiger partial charge in [-0.1, -0.05) is 6.08 Å². The summed E-state index contributed by atoms with van der Waals surface area (Å²) in [6.07, 6.45) is 8.92. The van der Waals surface area contributed by atoms with Crippen molar-refractivity contribution in [3.8, 4) is 0 Å². The molecular weight excluding hydrogens is 226 g/mol. The van der Waals surface area contributed by atoms with Crippen LogP contribution in [0.2, 0.25) is 0 Å². The first kappa shape index (κ1) is 9.85. The highest BCUT2D eigenvalue weighted by Crippen LogP contribution is 2.24. The minimum atomic E-state index is 0.894. The molecule has 5 nitrogen and oxygen atoms in total. The SMILES string of the molecule is C1=C(c2ncn3c2cnc2[nH]ccc23)CCNC1. The van der Waals surface area contributed by atoms with Gasteiger partial charge in [-0.15, -0.1) is 0 Å². The zero-order valence-electron chi connectivity index (χ0n) is 9.85. The molecular formula is C13H13N5. The van der Waals surface area contributed by atoms with E-state index < -0.39 is 0 Å². The highest BCUT2D eigenvalue weighted by Gasteiger charge is 2.13. The fourth-order valence-corrected chi connectivity index (χ4v) is 2.53. The van der Waals surface area contributed by atoms with Gasteiger partial charge in [0.1, 0.15) is 6.33 Å². The Labute approximate surface area is 104 Å². The van der Waals surface area contributed by atoms with Gasteiger partial charge in [0.2, 0.25) is 0 Å². The number of hydrogen-bond donors (Lipinski definition) is 2. The average Bonchev–Trinajstić information content (AvgIpc) is 3.05. The molecule has 0 aromatic carbocycles. The Balaban J connectivity index is 1.99. The van der Waals surface area contributed by atoms with Gasteiger partial charge in [-0.05, 0) is 24.6 Å². The molecule has 2 N–H and O–H groups in total. The van der Waals surface area contributed by atoms with E-state index in [-0.39, 0.29) is 0 Å². The minimum Gasteiger partial charge on any atom is -0.345 e. The fraction of sp³-hybridized carbons (Fsp3) is 0.231. The van der Waals surface area contributed by atoms with E-state index in [9.17, 15) is 0 Å². The van der Waals surface area contributed by atoms with Gasteiger partial charge in [-0.2, -0.15) is 0 Å². The van der Waals surface area contributed by atoms with Crippen LogP contribution in [-0.2, 0) is 0 Å². The number of nitrogens with zero attached hydrogens (tertiary/aromatic N) is 3. The minimum absolute atomic E-state index is 0.894. The molecule has 1 aliphatic heterocycles. The quantitative estimate of drug-likeness (QED) is 0.678. The molecule has 0 spiro atoms. The first-order chi connectivity index (χ1) is 8.93. The van der Waals surface area contributed by atoms with Gasteiger partial charge < -0.3 is 10.3 Å². The van der Waals surface area contributed by atoms with Crippen LogP contribution in [0.25, 0.3) is 22.3 Å². The highest BCUT2D eigenvalue weighted by atomic mass is 15.0. The summed E-state index contributed by atoms with van der Waals surface area (Å²) < 4.78 is 2.09. The molecule has 0 fully saturated rings.